The molecule has 0 fully saturated rings. The molecular formula is C7H8BiS2. The van der Waals surface area contributed by atoms with Gasteiger partial charge in [0.05, 0.1) is 0 Å². The van der Waals surface area contributed by atoms with Crippen LogP contribution in [0.1, 0.15) is 5.56 Å². The third-order valence-electron chi connectivity index (χ3n) is 1.22. The summed E-state index contributed by atoms with van der Waals surface area (Å²) in [6, 6.07) is 5.91. The number of rotatable bonds is 0. The third kappa shape index (κ3) is 2.45. The van der Waals surface area contributed by atoms with Crippen molar-refractivity contribution >= 4 is 51.5 Å². The number of aryl methyl sites for hydroxylation is 1. The summed E-state index contributed by atoms with van der Waals surface area (Å²) in [5, 5.41) is 0. The minimum Gasteiger partial charge on any atom is -0.142 e. The summed E-state index contributed by atoms with van der Waals surface area (Å²) in [5.74, 6) is 0. The second-order valence-corrected chi connectivity index (χ2v) is 2.87. The van der Waals surface area contributed by atoms with E-state index in [1.807, 2.05) is 25.1 Å². The van der Waals surface area contributed by atoms with Crippen LogP contribution >= 0.6 is 25.3 Å². The Labute approximate surface area is 91.4 Å². The summed E-state index contributed by atoms with van der Waals surface area (Å²) in [6.45, 7) is 2.02. The summed E-state index contributed by atoms with van der Waals surface area (Å²) < 4.78 is 0. The van der Waals surface area contributed by atoms with Crippen molar-refractivity contribution in [3.63, 3.8) is 0 Å². The second-order valence-electron chi connectivity index (χ2n) is 1.94. The number of benzene rings is 1. The fourth-order valence-electron chi connectivity index (χ4n) is 0.643. The van der Waals surface area contributed by atoms with Crippen LogP contribution in [0.5, 0.6) is 0 Å². The Bertz CT molecular complexity index is 203. The van der Waals surface area contributed by atoms with E-state index in [9.17, 15) is 0 Å². The van der Waals surface area contributed by atoms with Crippen molar-refractivity contribution in [3.05, 3.63) is 23.8 Å². The van der Waals surface area contributed by atoms with Crippen LogP contribution in [-0.4, -0.2) is 26.2 Å². The first kappa shape index (κ1) is 10.8. The minimum atomic E-state index is 0. The molecule has 0 nitrogen and oxygen atoms in total. The van der Waals surface area contributed by atoms with E-state index in [2.05, 4.69) is 25.3 Å². The molecule has 10 heavy (non-hydrogen) atoms. The van der Waals surface area contributed by atoms with Gasteiger partial charge in [0.2, 0.25) is 0 Å². The largest absolute Gasteiger partial charge is 0.142 e. The quantitative estimate of drug-likeness (QED) is 0.511. The van der Waals surface area contributed by atoms with Crippen molar-refractivity contribution in [1.29, 1.82) is 0 Å². The molecule has 0 spiro atoms. The maximum atomic E-state index is 4.23. The Morgan fingerprint density at radius 2 is 1.80 bits per heavy atom. The summed E-state index contributed by atoms with van der Waals surface area (Å²) in [6.07, 6.45) is 0. The fraction of sp³-hybridized carbons (Fsp3) is 0.143. The van der Waals surface area contributed by atoms with Crippen molar-refractivity contribution < 1.29 is 0 Å². The molecule has 0 atom stereocenters. The molecule has 0 aliphatic carbocycles. The smallest absolute Gasteiger partial charge is 0.0203 e. The second kappa shape index (κ2) is 4.63. The van der Waals surface area contributed by atoms with Crippen LogP contribution in [0.4, 0.5) is 0 Å². The van der Waals surface area contributed by atoms with Crippen LogP contribution in [0, 0.1) is 6.92 Å². The van der Waals surface area contributed by atoms with E-state index in [1.165, 1.54) is 5.56 Å². The van der Waals surface area contributed by atoms with Gasteiger partial charge in [-0.2, -0.15) is 0 Å². The number of thiol groups is 2. The summed E-state index contributed by atoms with van der Waals surface area (Å²) in [4.78, 5) is 1.92. The normalized spacial score (nSPS) is 8.70. The Morgan fingerprint density at radius 3 is 2.20 bits per heavy atom. The predicted molar refractivity (Wildman–Crippen MR) is 51.4 cm³/mol. The van der Waals surface area contributed by atoms with E-state index in [0.29, 0.717) is 0 Å². The molecule has 1 aromatic rings. The summed E-state index contributed by atoms with van der Waals surface area (Å²) in [5.41, 5.74) is 1.17. The van der Waals surface area contributed by atoms with E-state index < -0.39 is 0 Å². The number of hydrogen-bond donors (Lipinski definition) is 2. The molecule has 0 aliphatic heterocycles. The third-order valence-corrected chi connectivity index (χ3v) is 2.36. The van der Waals surface area contributed by atoms with Crippen LogP contribution in [0.25, 0.3) is 0 Å². The van der Waals surface area contributed by atoms with E-state index in [0.717, 1.165) is 9.79 Å². The predicted octanol–water partition coefficient (Wildman–Crippen LogP) is 2.19. The topological polar surface area (TPSA) is 0 Å². The van der Waals surface area contributed by atoms with Crippen LogP contribution in [0.2, 0.25) is 0 Å². The average molecular weight is 365 g/mol. The molecule has 0 aromatic heterocycles. The van der Waals surface area contributed by atoms with Crippen molar-refractivity contribution in [2.45, 2.75) is 16.7 Å². The van der Waals surface area contributed by atoms with Crippen LogP contribution in [-0.2, 0) is 0 Å². The molecule has 1 rings (SSSR count). The first-order valence-electron chi connectivity index (χ1n) is 2.69. The summed E-state index contributed by atoms with van der Waals surface area (Å²) >= 11 is 8.43. The van der Waals surface area contributed by atoms with Crippen LogP contribution in [0.15, 0.2) is 28.0 Å². The molecule has 0 heterocycles. The van der Waals surface area contributed by atoms with Gasteiger partial charge >= 0.3 is 0 Å². The molecule has 0 aliphatic rings. The van der Waals surface area contributed by atoms with Gasteiger partial charge in [-0.25, -0.2) is 0 Å². The number of hydrogen-bond acceptors (Lipinski definition) is 2. The van der Waals surface area contributed by atoms with E-state index in [4.69, 9.17) is 0 Å². The maximum Gasteiger partial charge on any atom is 0.0203 e. The molecule has 0 saturated heterocycles. The Balaban J connectivity index is 0.000000810. The van der Waals surface area contributed by atoms with Gasteiger partial charge in [0, 0.05) is 36.0 Å². The SMILES string of the molecule is Cc1cccc(S)c1S.[Bi]. The molecule has 0 amide bonds. The first-order chi connectivity index (χ1) is 4.22. The van der Waals surface area contributed by atoms with Crippen molar-refractivity contribution in [2.24, 2.45) is 0 Å². The molecule has 1 aromatic carbocycles. The van der Waals surface area contributed by atoms with Gasteiger partial charge in [0.1, 0.15) is 0 Å². The molecule has 53 valence electrons. The van der Waals surface area contributed by atoms with Crippen molar-refractivity contribution in [3.8, 4) is 0 Å². The van der Waals surface area contributed by atoms with Gasteiger partial charge in [0.25, 0.3) is 0 Å². The summed E-state index contributed by atoms with van der Waals surface area (Å²) in [7, 11) is 0. The standard InChI is InChI=1S/C7H8S2.Bi/c1-5-3-2-4-6(8)7(5)9;/h2-4,8-9H,1H3;. The average Bonchev–Trinajstić information content (AvgIpc) is 1.83. The van der Waals surface area contributed by atoms with Gasteiger partial charge in [-0.15, -0.1) is 25.3 Å². The van der Waals surface area contributed by atoms with Crippen molar-refractivity contribution in [1.82, 2.24) is 0 Å². The fourth-order valence-corrected chi connectivity index (χ4v) is 1.05. The maximum absolute atomic E-state index is 4.23. The zero-order chi connectivity index (χ0) is 6.85. The molecule has 3 radical (unpaired) electrons. The van der Waals surface area contributed by atoms with Gasteiger partial charge in [-0.1, -0.05) is 12.1 Å². The van der Waals surface area contributed by atoms with Crippen molar-refractivity contribution in [2.75, 3.05) is 0 Å². The molecule has 0 saturated carbocycles. The van der Waals surface area contributed by atoms with Crippen LogP contribution < -0.4 is 0 Å². The van der Waals surface area contributed by atoms with E-state index >= 15 is 0 Å². The molecule has 0 unspecified atom stereocenters. The Hall–Kier alpha value is 0.803. The molecular weight excluding hydrogens is 357 g/mol. The Morgan fingerprint density at radius 1 is 1.20 bits per heavy atom. The molecule has 3 heteroatoms. The molecule has 0 bridgehead atoms. The zero-order valence-corrected chi connectivity index (χ0v) is 10.8. The first-order valence-corrected chi connectivity index (χ1v) is 3.59. The zero-order valence-electron chi connectivity index (χ0n) is 5.57. The van der Waals surface area contributed by atoms with Gasteiger partial charge in [-0.3, -0.25) is 0 Å². The van der Waals surface area contributed by atoms with Gasteiger partial charge in [0.15, 0.2) is 0 Å². The van der Waals surface area contributed by atoms with E-state index in [-0.39, 0.29) is 26.2 Å². The van der Waals surface area contributed by atoms with Gasteiger partial charge < -0.3 is 0 Å². The Kier molecular flexibility index (Phi) is 5.01. The van der Waals surface area contributed by atoms with E-state index in [1.54, 1.807) is 0 Å². The van der Waals surface area contributed by atoms with Crippen LogP contribution in [0.3, 0.4) is 0 Å². The monoisotopic (exact) mass is 365 g/mol. The van der Waals surface area contributed by atoms with Gasteiger partial charge in [-0.05, 0) is 18.6 Å². The minimum absolute atomic E-state index is 0. The molecule has 0 N–H and O–H groups in total.